The molecule has 2 amide bonds. The SMILES string of the molecule is C=CN(N)C(=O)N=C(C)CC. The lowest BCUT2D eigenvalue weighted by Crippen LogP contribution is -2.29. The minimum Gasteiger partial charge on any atom is -0.244 e. The Morgan fingerprint density at radius 1 is 1.82 bits per heavy atom. The number of rotatable bonds is 2. The lowest BCUT2D eigenvalue weighted by atomic mass is 10.3. The van der Waals surface area contributed by atoms with E-state index in [1.54, 1.807) is 6.92 Å². The molecule has 0 atom stereocenters. The second-order valence-corrected chi connectivity index (χ2v) is 2.07. The summed E-state index contributed by atoms with van der Waals surface area (Å²) in [6.07, 6.45) is 1.96. The zero-order valence-electron chi connectivity index (χ0n) is 6.87. The fourth-order valence-electron chi connectivity index (χ4n) is 0.378. The third-order valence-electron chi connectivity index (χ3n) is 1.22. The number of carbonyl (C=O) groups excluding carboxylic acids is 1. The van der Waals surface area contributed by atoms with Gasteiger partial charge in [-0.3, -0.25) is 0 Å². The Hall–Kier alpha value is -1.16. The summed E-state index contributed by atoms with van der Waals surface area (Å²) in [5, 5.41) is 0.846. The Bertz CT molecular complexity index is 186. The Morgan fingerprint density at radius 2 is 2.36 bits per heavy atom. The predicted molar refractivity (Wildman–Crippen MR) is 45.0 cm³/mol. The highest BCUT2D eigenvalue weighted by molar-refractivity contribution is 5.93. The maximum Gasteiger partial charge on any atom is 0.361 e. The van der Waals surface area contributed by atoms with Gasteiger partial charge in [-0.2, -0.15) is 0 Å². The van der Waals surface area contributed by atoms with Gasteiger partial charge in [0.2, 0.25) is 0 Å². The third kappa shape index (κ3) is 3.52. The molecule has 0 saturated heterocycles. The highest BCUT2D eigenvalue weighted by Gasteiger charge is 2.02. The second kappa shape index (κ2) is 4.62. The van der Waals surface area contributed by atoms with Crippen molar-refractivity contribution >= 4 is 11.7 Å². The molecule has 4 heteroatoms. The van der Waals surface area contributed by atoms with Crippen LogP contribution in [0.2, 0.25) is 0 Å². The molecule has 0 bridgehead atoms. The Labute approximate surface area is 66.4 Å². The van der Waals surface area contributed by atoms with Gasteiger partial charge in [-0.05, 0) is 13.3 Å². The zero-order chi connectivity index (χ0) is 8.85. The lowest BCUT2D eigenvalue weighted by Gasteiger charge is -2.06. The van der Waals surface area contributed by atoms with Gasteiger partial charge in [0.25, 0.3) is 0 Å². The first-order chi connectivity index (χ1) is 5.11. The number of urea groups is 1. The normalized spacial score (nSPS) is 11.0. The van der Waals surface area contributed by atoms with Crippen LogP contribution >= 0.6 is 0 Å². The summed E-state index contributed by atoms with van der Waals surface area (Å²) in [5.74, 6) is 5.18. The maximum atomic E-state index is 10.9. The van der Waals surface area contributed by atoms with Crippen LogP contribution in [-0.2, 0) is 0 Å². The molecule has 0 spiro atoms. The monoisotopic (exact) mass is 155 g/mol. The van der Waals surface area contributed by atoms with Crippen molar-refractivity contribution in [1.29, 1.82) is 0 Å². The van der Waals surface area contributed by atoms with Crippen LogP contribution in [0.15, 0.2) is 17.8 Å². The highest BCUT2D eigenvalue weighted by atomic mass is 16.2. The van der Waals surface area contributed by atoms with E-state index in [1.165, 1.54) is 6.20 Å². The molecule has 2 N–H and O–H groups in total. The molecular formula is C7H13N3O. The van der Waals surface area contributed by atoms with Crippen LogP contribution in [0.1, 0.15) is 20.3 Å². The largest absolute Gasteiger partial charge is 0.361 e. The second-order valence-electron chi connectivity index (χ2n) is 2.07. The van der Waals surface area contributed by atoms with Crippen LogP contribution < -0.4 is 5.84 Å². The molecular weight excluding hydrogens is 142 g/mol. The standard InChI is InChI=1S/C7H13N3O/c1-4-6(3)9-7(11)10(8)5-2/h5H,2,4,8H2,1,3H3. The molecule has 0 aromatic carbocycles. The predicted octanol–water partition coefficient (Wildman–Crippen LogP) is 1.30. The first kappa shape index (κ1) is 9.84. The minimum absolute atomic E-state index is 0.487. The van der Waals surface area contributed by atoms with Crippen LogP contribution in [-0.4, -0.2) is 16.8 Å². The molecule has 0 saturated carbocycles. The van der Waals surface area contributed by atoms with Crippen molar-refractivity contribution in [3.63, 3.8) is 0 Å². The molecule has 0 unspecified atom stereocenters. The van der Waals surface area contributed by atoms with Crippen molar-refractivity contribution in [2.75, 3.05) is 0 Å². The van der Waals surface area contributed by atoms with Gasteiger partial charge in [0.15, 0.2) is 0 Å². The van der Waals surface area contributed by atoms with Crippen LogP contribution in [0.5, 0.6) is 0 Å². The number of hydrogen-bond donors (Lipinski definition) is 1. The smallest absolute Gasteiger partial charge is 0.244 e. The van der Waals surface area contributed by atoms with Gasteiger partial charge in [-0.1, -0.05) is 13.5 Å². The third-order valence-corrected chi connectivity index (χ3v) is 1.22. The van der Waals surface area contributed by atoms with Crippen molar-refractivity contribution in [2.45, 2.75) is 20.3 Å². The van der Waals surface area contributed by atoms with Gasteiger partial charge in [0, 0.05) is 11.9 Å². The number of nitrogens with two attached hydrogens (primary N) is 1. The number of amides is 2. The van der Waals surface area contributed by atoms with E-state index in [0.717, 1.165) is 17.1 Å². The van der Waals surface area contributed by atoms with Gasteiger partial charge in [0.05, 0.1) is 0 Å². The molecule has 0 aromatic rings. The zero-order valence-corrected chi connectivity index (χ0v) is 6.87. The maximum absolute atomic E-state index is 10.9. The summed E-state index contributed by atoms with van der Waals surface area (Å²) in [6.45, 7) is 7.02. The summed E-state index contributed by atoms with van der Waals surface area (Å²) in [5.41, 5.74) is 0.757. The van der Waals surface area contributed by atoms with Gasteiger partial charge >= 0.3 is 6.03 Å². The molecule has 0 radical (unpaired) electrons. The molecule has 0 aliphatic heterocycles. The average molecular weight is 155 g/mol. The number of nitrogens with zero attached hydrogens (tertiary/aromatic N) is 2. The fraction of sp³-hybridized carbons (Fsp3) is 0.429. The van der Waals surface area contributed by atoms with E-state index in [9.17, 15) is 4.79 Å². The minimum atomic E-state index is -0.487. The molecule has 4 nitrogen and oxygen atoms in total. The number of carbonyl (C=O) groups is 1. The van der Waals surface area contributed by atoms with E-state index in [4.69, 9.17) is 5.84 Å². The first-order valence-electron chi connectivity index (χ1n) is 3.36. The molecule has 0 aromatic heterocycles. The number of aliphatic imine (C=N–C) groups is 1. The van der Waals surface area contributed by atoms with E-state index >= 15 is 0 Å². The summed E-state index contributed by atoms with van der Waals surface area (Å²) in [6, 6.07) is -0.487. The van der Waals surface area contributed by atoms with Crippen LogP contribution in [0.3, 0.4) is 0 Å². The molecule has 0 fully saturated rings. The quantitative estimate of drug-likeness (QED) is 0.283. The Kier molecular flexibility index (Phi) is 4.14. The summed E-state index contributed by atoms with van der Waals surface area (Å²) >= 11 is 0. The molecule has 11 heavy (non-hydrogen) atoms. The van der Waals surface area contributed by atoms with Gasteiger partial charge in [-0.25, -0.2) is 20.6 Å². The summed E-state index contributed by atoms with van der Waals surface area (Å²) in [4.78, 5) is 14.6. The van der Waals surface area contributed by atoms with E-state index in [2.05, 4.69) is 11.6 Å². The van der Waals surface area contributed by atoms with Crippen LogP contribution in [0.25, 0.3) is 0 Å². The molecule has 0 rings (SSSR count). The molecule has 0 heterocycles. The van der Waals surface area contributed by atoms with Crippen LogP contribution in [0, 0.1) is 0 Å². The Balaban J connectivity index is 4.16. The van der Waals surface area contributed by atoms with Crippen molar-refractivity contribution in [2.24, 2.45) is 10.8 Å². The van der Waals surface area contributed by atoms with E-state index in [0.29, 0.717) is 0 Å². The van der Waals surface area contributed by atoms with E-state index in [-0.39, 0.29) is 0 Å². The topological polar surface area (TPSA) is 58.7 Å². The molecule has 0 aliphatic rings. The lowest BCUT2D eigenvalue weighted by molar-refractivity contribution is 0.226. The molecule has 0 aliphatic carbocycles. The fourth-order valence-corrected chi connectivity index (χ4v) is 0.378. The van der Waals surface area contributed by atoms with Crippen molar-refractivity contribution in [1.82, 2.24) is 5.01 Å². The highest BCUT2D eigenvalue weighted by Crippen LogP contribution is 1.90. The Morgan fingerprint density at radius 3 is 2.73 bits per heavy atom. The van der Waals surface area contributed by atoms with Crippen molar-refractivity contribution < 1.29 is 4.79 Å². The number of hydrogen-bond acceptors (Lipinski definition) is 2. The van der Waals surface area contributed by atoms with E-state index < -0.39 is 6.03 Å². The van der Waals surface area contributed by atoms with Gasteiger partial charge < -0.3 is 0 Å². The number of hydrazine groups is 1. The first-order valence-corrected chi connectivity index (χ1v) is 3.36. The van der Waals surface area contributed by atoms with Crippen molar-refractivity contribution in [3.8, 4) is 0 Å². The summed E-state index contributed by atoms with van der Waals surface area (Å²) in [7, 11) is 0. The molecule has 62 valence electrons. The van der Waals surface area contributed by atoms with Gasteiger partial charge in [-0.15, -0.1) is 0 Å². The van der Waals surface area contributed by atoms with Crippen molar-refractivity contribution in [3.05, 3.63) is 12.8 Å². The summed E-state index contributed by atoms with van der Waals surface area (Å²) < 4.78 is 0. The van der Waals surface area contributed by atoms with Gasteiger partial charge in [0.1, 0.15) is 0 Å². The average Bonchev–Trinajstić information content (AvgIpc) is 2.02. The van der Waals surface area contributed by atoms with E-state index in [1.807, 2.05) is 6.92 Å². The van der Waals surface area contributed by atoms with Crippen LogP contribution in [0.4, 0.5) is 4.79 Å².